The zero-order valence-corrected chi connectivity index (χ0v) is 11.5. The summed E-state index contributed by atoms with van der Waals surface area (Å²) in [5.74, 6) is 5.40. The average Bonchev–Trinajstić information content (AvgIpc) is 2.39. The van der Waals surface area contributed by atoms with E-state index >= 15 is 0 Å². The van der Waals surface area contributed by atoms with Crippen LogP contribution in [0.1, 0.15) is 43.1 Å². The van der Waals surface area contributed by atoms with E-state index in [2.05, 4.69) is 11.8 Å². The van der Waals surface area contributed by atoms with E-state index in [4.69, 9.17) is 4.74 Å². The van der Waals surface area contributed by atoms with Crippen molar-refractivity contribution in [2.75, 3.05) is 6.61 Å². The Labute approximate surface area is 114 Å². The molecular weight excluding hydrogens is 240 g/mol. The van der Waals surface area contributed by atoms with Crippen LogP contribution in [0.2, 0.25) is 0 Å². The molecule has 0 saturated heterocycles. The van der Waals surface area contributed by atoms with Crippen LogP contribution in [-0.2, 0) is 9.53 Å². The Morgan fingerprint density at radius 1 is 1.21 bits per heavy atom. The first-order valence-electron chi connectivity index (χ1n) is 6.33. The summed E-state index contributed by atoms with van der Waals surface area (Å²) in [6.07, 6.45) is 0.0838. The Morgan fingerprint density at radius 3 is 2.37 bits per heavy atom. The number of esters is 1. The lowest BCUT2D eigenvalue weighted by atomic mass is 10.0. The standard InChI is InChI=1S/C16H18O3/c1-4-19-15(17)7-5-6-13-8-10-14(11-9-13)16(18)12(2)3/h8-12H,4,7H2,1-3H3. The lowest BCUT2D eigenvalue weighted by Gasteiger charge is -2.03. The van der Waals surface area contributed by atoms with Gasteiger partial charge in [-0.1, -0.05) is 37.8 Å². The number of carbonyl (C=O) groups is 2. The molecule has 3 heteroatoms. The fourth-order valence-electron chi connectivity index (χ4n) is 1.48. The lowest BCUT2D eigenvalue weighted by Crippen LogP contribution is -2.06. The van der Waals surface area contributed by atoms with Crippen LogP contribution in [0.15, 0.2) is 24.3 Å². The molecule has 0 saturated carbocycles. The Hall–Kier alpha value is -2.08. The predicted octanol–water partition coefficient (Wildman–Crippen LogP) is 2.83. The van der Waals surface area contributed by atoms with Gasteiger partial charge in [0, 0.05) is 17.0 Å². The molecule has 0 fully saturated rings. The van der Waals surface area contributed by atoms with Gasteiger partial charge in [-0.15, -0.1) is 0 Å². The Morgan fingerprint density at radius 2 is 1.84 bits per heavy atom. The number of ketones is 1. The maximum Gasteiger partial charge on any atom is 0.317 e. The van der Waals surface area contributed by atoms with Gasteiger partial charge in [-0.05, 0) is 19.1 Å². The van der Waals surface area contributed by atoms with Crippen LogP contribution in [0, 0.1) is 17.8 Å². The maximum atomic E-state index is 11.7. The zero-order valence-electron chi connectivity index (χ0n) is 11.5. The van der Waals surface area contributed by atoms with Gasteiger partial charge < -0.3 is 4.74 Å². The minimum absolute atomic E-state index is 0.0132. The third-order valence-electron chi connectivity index (χ3n) is 2.46. The van der Waals surface area contributed by atoms with Gasteiger partial charge in [0.2, 0.25) is 0 Å². The number of rotatable bonds is 4. The Kier molecular flexibility index (Phi) is 5.81. The summed E-state index contributed by atoms with van der Waals surface area (Å²) in [6, 6.07) is 7.09. The van der Waals surface area contributed by atoms with Crippen molar-refractivity contribution < 1.29 is 14.3 Å². The summed E-state index contributed by atoms with van der Waals surface area (Å²) < 4.78 is 4.77. The number of hydrogen-bond acceptors (Lipinski definition) is 3. The molecule has 100 valence electrons. The summed E-state index contributed by atoms with van der Waals surface area (Å²) >= 11 is 0. The van der Waals surface area contributed by atoms with Gasteiger partial charge in [-0.3, -0.25) is 9.59 Å². The van der Waals surface area contributed by atoms with Crippen molar-refractivity contribution >= 4 is 11.8 Å². The summed E-state index contributed by atoms with van der Waals surface area (Å²) in [5.41, 5.74) is 1.47. The van der Waals surface area contributed by atoms with Gasteiger partial charge in [-0.25, -0.2) is 0 Å². The van der Waals surface area contributed by atoms with Gasteiger partial charge in [0.1, 0.15) is 6.42 Å². The van der Waals surface area contributed by atoms with Gasteiger partial charge in [0.25, 0.3) is 0 Å². The van der Waals surface area contributed by atoms with Crippen molar-refractivity contribution in [3.63, 3.8) is 0 Å². The molecule has 0 atom stereocenters. The second kappa shape index (κ2) is 7.38. The summed E-state index contributed by atoms with van der Waals surface area (Å²) in [6.45, 7) is 5.87. The van der Waals surface area contributed by atoms with Crippen LogP contribution in [0.25, 0.3) is 0 Å². The molecule has 0 unspecified atom stereocenters. The highest BCUT2D eigenvalue weighted by molar-refractivity contribution is 5.97. The highest BCUT2D eigenvalue weighted by Gasteiger charge is 2.09. The second-order valence-corrected chi connectivity index (χ2v) is 4.38. The van der Waals surface area contributed by atoms with Crippen LogP contribution in [0.4, 0.5) is 0 Å². The number of Topliss-reactive ketones (excluding diaryl/α,β-unsaturated/α-hetero) is 1. The van der Waals surface area contributed by atoms with Crippen molar-refractivity contribution in [2.24, 2.45) is 5.92 Å². The van der Waals surface area contributed by atoms with Crippen LogP contribution >= 0.6 is 0 Å². The molecule has 19 heavy (non-hydrogen) atoms. The normalized spacial score (nSPS) is 9.68. The van der Waals surface area contributed by atoms with Crippen LogP contribution in [0.5, 0.6) is 0 Å². The molecule has 3 nitrogen and oxygen atoms in total. The van der Waals surface area contributed by atoms with E-state index in [0.29, 0.717) is 12.2 Å². The van der Waals surface area contributed by atoms with E-state index in [-0.39, 0.29) is 24.1 Å². The third-order valence-corrected chi connectivity index (χ3v) is 2.46. The molecule has 0 aliphatic heterocycles. The van der Waals surface area contributed by atoms with E-state index in [1.54, 1.807) is 31.2 Å². The molecule has 1 aromatic rings. The van der Waals surface area contributed by atoms with Gasteiger partial charge in [0.15, 0.2) is 5.78 Å². The highest BCUT2D eigenvalue weighted by atomic mass is 16.5. The molecule has 0 amide bonds. The predicted molar refractivity (Wildman–Crippen MR) is 73.7 cm³/mol. The summed E-state index contributed by atoms with van der Waals surface area (Å²) in [5, 5.41) is 0. The molecule has 0 radical (unpaired) electrons. The molecule has 0 N–H and O–H groups in total. The van der Waals surface area contributed by atoms with Crippen molar-refractivity contribution in [3.05, 3.63) is 35.4 Å². The van der Waals surface area contributed by atoms with E-state index in [1.165, 1.54) is 0 Å². The highest BCUT2D eigenvalue weighted by Crippen LogP contribution is 2.09. The van der Waals surface area contributed by atoms with Crippen LogP contribution in [0.3, 0.4) is 0 Å². The van der Waals surface area contributed by atoms with Crippen molar-refractivity contribution in [2.45, 2.75) is 27.2 Å². The lowest BCUT2D eigenvalue weighted by molar-refractivity contribution is -0.141. The molecule has 0 aliphatic rings. The molecular formula is C16H18O3. The zero-order chi connectivity index (χ0) is 14.3. The maximum absolute atomic E-state index is 11.7. The minimum Gasteiger partial charge on any atom is -0.465 e. The molecule has 0 bridgehead atoms. The SMILES string of the molecule is CCOC(=O)CC#Cc1ccc(C(=O)C(C)C)cc1. The van der Waals surface area contributed by atoms with Crippen molar-refractivity contribution in [3.8, 4) is 11.8 Å². The van der Waals surface area contributed by atoms with Crippen molar-refractivity contribution in [1.29, 1.82) is 0 Å². The van der Waals surface area contributed by atoms with E-state index in [9.17, 15) is 9.59 Å². The molecule has 0 aliphatic carbocycles. The third kappa shape index (κ3) is 4.97. The molecule has 1 aromatic carbocycles. The van der Waals surface area contributed by atoms with Crippen LogP contribution in [-0.4, -0.2) is 18.4 Å². The fraction of sp³-hybridized carbons (Fsp3) is 0.375. The van der Waals surface area contributed by atoms with Gasteiger partial charge in [-0.2, -0.15) is 0 Å². The summed E-state index contributed by atoms with van der Waals surface area (Å²) in [4.78, 5) is 22.8. The van der Waals surface area contributed by atoms with E-state index < -0.39 is 0 Å². The Bertz CT molecular complexity index is 501. The first kappa shape index (κ1) is 15.0. The smallest absolute Gasteiger partial charge is 0.317 e. The first-order chi connectivity index (χ1) is 9.04. The number of carbonyl (C=O) groups excluding carboxylic acids is 2. The number of hydrogen-bond donors (Lipinski definition) is 0. The minimum atomic E-state index is -0.318. The number of ether oxygens (including phenoxy) is 1. The van der Waals surface area contributed by atoms with E-state index in [0.717, 1.165) is 5.56 Å². The van der Waals surface area contributed by atoms with Crippen LogP contribution < -0.4 is 0 Å². The second-order valence-electron chi connectivity index (χ2n) is 4.38. The first-order valence-corrected chi connectivity index (χ1v) is 6.33. The summed E-state index contributed by atoms with van der Waals surface area (Å²) in [7, 11) is 0. The topological polar surface area (TPSA) is 43.4 Å². The Balaban J connectivity index is 2.65. The molecule has 1 rings (SSSR count). The van der Waals surface area contributed by atoms with Gasteiger partial charge in [0.05, 0.1) is 6.61 Å². The average molecular weight is 258 g/mol. The monoisotopic (exact) mass is 258 g/mol. The van der Waals surface area contributed by atoms with E-state index in [1.807, 2.05) is 13.8 Å². The molecule has 0 aromatic heterocycles. The largest absolute Gasteiger partial charge is 0.465 e. The quantitative estimate of drug-likeness (QED) is 0.474. The molecule has 0 spiro atoms. The molecule has 0 heterocycles. The van der Waals surface area contributed by atoms with Crippen molar-refractivity contribution in [1.82, 2.24) is 0 Å². The van der Waals surface area contributed by atoms with Gasteiger partial charge >= 0.3 is 5.97 Å². The number of benzene rings is 1. The fourth-order valence-corrected chi connectivity index (χ4v) is 1.48.